The fourth-order valence-corrected chi connectivity index (χ4v) is 0.850. The Kier molecular flexibility index (Phi) is 5.99. The fraction of sp³-hybridized carbons (Fsp3) is 1.00. The summed E-state index contributed by atoms with van der Waals surface area (Å²) in [5.41, 5.74) is 0. The van der Waals surface area contributed by atoms with Gasteiger partial charge in [-0.1, -0.05) is 0 Å². The number of ether oxygens (including phenoxy) is 1. The lowest BCUT2D eigenvalue weighted by Gasteiger charge is -2.13. The maximum atomic E-state index is 4.96. The normalized spacial score (nSPS) is 10.7. The highest BCUT2D eigenvalue weighted by Crippen LogP contribution is 1.58. The summed E-state index contributed by atoms with van der Waals surface area (Å²) in [5, 5.41) is 0. The molecule has 0 saturated carbocycles. The molecule has 2 heteroatoms. The maximum absolute atomic E-state index is 4.96. The van der Waals surface area contributed by atoms with Gasteiger partial charge in [-0.15, -0.1) is 0 Å². The Bertz CT molecular complexity index is 52.9. The van der Waals surface area contributed by atoms with Crippen LogP contribution in [-0.4, -0.2) is 33.4 Å². The Morgan fingerprint density at radius 1 is 1.22 bits per heavy atom. The lowest BCUT2D eigenvalue weighted by Crippen LogP contribution is -3.11. The van der Waals surface area contributed by atoms with E-state index in [1.807, 2.05) is 0 Å². The molecule has 2 nitrogen and oxygen atoms in total. The molecular formula is C7H18NO+. The van der Waals surface area contributed by atoms with Gasteiger partial charge in [-0.3, -0.25) is 0 Å². The molecule has 0 amide bonds. The molecule has 0 atom stereocenters. The molecule has 0 rings (SSSR count). The number of hydrogen-bond acceptors (Lipinski definition) is 1. The van der Waals surface area contributed by atoms with Crippen LogP contribution in [0.25, 0.3) is 0 Å². The van der Waals surface area contributed by atoms with E-state index in [9.17, 15) is 0 Å². The second-order valence-corrected chi connectivity index (χ2v) is 2.20. The number of quaternary nitrogens is 1. The topological polar surface area (TPSA) is 13.7 Å². The quantitative estimate of drug-likeness (QED) is 0.535. The number of hydrogen-bond donors (Lipinski definition) is 1. The van der Waals surface area contributed by atoms with Crippen molar-refractivity contribution in [3.05, 3.63) is 0 Å². The molecule has 0 aromatic rings. The van der Waals surface area contributed by atoms with Gasteiger partial charge in [0, 0.05) is 7.11 Å². The van der Waals surface area contributed by atoms with Crippen LogP contribution in [0.4, 0.5) is 0 Å². The van der Waals surface area contributed by atoms with Crippen LogP contribution in [0.5, 0.6) is 0 Å². The highest BCUT2D eigenvalue weighted by Gasteiger charge is 1.98. The van der Waals surface area contributed by atoms with E-state index in [1.165, 1.54) is 13.1 Å². The van der Waals surface area contributed by atoms with Crippen molar-refractivity contribution in [2.24, 2.45) is 0 Å². The number of likely N-dealkylation sites (N-methyl/N-ethyl adjacent to an activating group) is 1. The van der Waals surface area contributed by atoms with Crippen molar-refractivity contribution < 1.29 is 9.64 Å². The van der Waals surface area contributed by atoms with Gasteiger partial charge in [-0.25, -0.2) is 0 Å². The first kappa shape index (κ1) is 8.92. The van der Waals surface area contributed by atoms with Crippen LogP contribution in [-0.2, 0) is 4.74 Å². The van der Waals surface area contributed by atoms with Gasteiger partial charge in [0.05, 0.1) is 19.7 Å². The molecule has 0 spiro atoms. The highest BCUT2D eigenvalue weighted by atomic mass is 16.5. The van der Waals surface area contributed by atoms with Crippen molar-refractivity contribution in [1.82, 2.24) is 0 Å². The van der Waals surface area contributed by atoms with Crippen molar-refractivity contribution in [2.75, 3.05) is 33.4 Å². The Morgan fingerprint density at radius 3 is 2.11 bits per heavy atom. The molecule has 0 aliphatic carbocycles. The van der Waals surface area contributed by atoms with Crippen LogP contribution in [0.2, 0.25) is 0 Å². The summed E-state index contributed by atoms with van der Waals surface area (Å²) in [6.45, 7) is 8.85. The molecule has 0 bridgehead atoms. The van der Waals surface area contributed by atoms with Gasteiger partial charge in [0.15, 0.2) is 0 Å². The number of rotatable bonds is 5. The third-order valence-electron chi connectivity index (χ3n) is 1.66. The van der Waals surface area contributed by atoms with Crippen molar-refractivity contribution in [2.45, 2.75) is 13.8 Å². The average Bonchev–Trinajstić information content (AvgIpc) is 1.91. The molecule has 0 aliphatic rings. The molecule has 0 heterocycles. The minimum absolute atomic E-state index is 0.886. The summed E-state index contributed by atoms with van der Waals surface area (Å²) >= 11 is 0. The molecule has 1 N–H and O–H groups in total. The van der Waals surface area contributed by atoms with Crippen LogP contribution >= 0.6 is 0 Å². The molecule has 0 unspecified atom stereocenters. The largest absolute Gasteiger partial charge is 0.379 e. The van der Waals surface area contributed by atoms with Gasteiger partial charge in [0.25, 0.3) is 0 Å². The van der Waals surface area contributed by atoms with Crippen molar-refractivity contribution in [1.29, 1.82) is 0 Å². The zero-order valence-corrected chi connectivity index (χ0v) is 6.74. The average molecular weight is 132 g/mol. The SMILES string of the molecule is CC[NH+](CC)CCOC. The van der Waals surface area contributed by atoms with Crippen LogP contribution in [0, 0.1) is 0 Å². The summed E-state index contributed by atoms with van der Waals surface area (Å²) < 4.78 is 4.96. The molecule has 0 fully saturated rings. The second kappa shape index (κ2) is 6.05. The van der Waals surface area contributed by atoms with Crippen molar-refractivity contribution in [3.8, 4) is 0 Å². The van der Waals surface area contributed by atoms with Gasteiger partial charge in [0.2, 0.25) is 0 Å². The first-order chi connectivity index (χ1) is 4.35. The van der Waals surface area contributed by atoms with E-state index in [0.29, 0.717) is 0 Å². The monoisotopic (exact) mass is 132 g/mol. The maximum Gasteiger partial charge on any atom is 0.101 e. The van der Waals surface area contributed by atoms with E-state index < -0.39 is 0 Å². The second-order valence-electron chi connectivity index (χ2n) is 2.20. The summed E-state index contributed by atoms with van der Waals surface area (Å²) in [7, 11) is 1.75. The lowest BCUT2D eigenvalue weighted by atomic mass is 10.5. The fourth-order valence-electron chi connectivity index (χ4n) is 0.850. The molecule has 0 aromatic heterocycles. The van der Waals surface area contributed by atoms with E-state index in [4.69, 9.17) is 4.74 Å². The van der Waals surface area contributed by atoms with E-state index in [2.05, 4.69) is 13.8 Å². The van der Waals surface area contributed by atoms with E-state index in [-0.39, 0.29) is 0 Å². The molecule has 0 aliphatic heterocycles. The predicted octanol–water partition coefficient (Wildman–Crippen LogP) is -0.442. The number of nitrogens with one attached hydrogen (secondary N) is 1. The smallest absolute Gasteiger partial charge is 0.101 e. The molecule has 9 heavy (non-hydrogen) atoms. The Labute approximate surface area is 57.8 Å². The highest BCUT2D eigenvalue weighted by molar-refractivity contribution is 4.22. The lowest BCUT2D eigenvalue weighted by molar-refractivity contribution is -0.896. The summed E-state index contributed by atoms with van der Waals surface area (Å²) in [6.07, 6.45) is 0. The minimum Gasteiger partial charge on any atom is -0.379 e. The zero-order chi connectivity index (χ0) is 7.11. The van der Waals surface area contributed by atoms with Crippen LogP contribution in [0.3, 0.4) is 0 Å². The van der Waals surface area contributed by atoms with Crippen LogP contribution in [0.15, 0.2) is 0 Å². The van der Waals surface area contributed by atoms with E-state index >= 15 is 0 Å². The van der Waals surface area contributed by atoms with Gasteiger partial charge in [0.1, 0.15) is 6.54 Å². The third-order valence-corrected chi connectivity index (χ3v) is 1.66. The first-order valence-electron chi connectivity index (χ1n) is 3.67. The molecule has 0 radical (unpaired) electrons. The van der Waals surface area contributed by atoms with E-state index in [1.54, 1.807) is 12.0 Å². The van der Waals surface area contributed by atoms with Gasteiger partial charge < -0.3 is 9.64 Å². The molecular weight excluding hydrogens is 114 g/mol. The van der Waals surface area contributed by atoms with Gasteiger partial charge in [-0.2, -0.15) is 0 Å². The zero-order valence-electron chi connectivity index (χ0n) is 6.74. The first-order valence-corrected chi connectivity index (χ1v) is 3.67. The molecule has 0 aromatic carbocycles. The summed E-state index contributed by atoms with van der Waals surface area (Å²) in [4.78, 5) is 1.61. The Morgan fingerprint density at radius 2 is 1.78 bits per heavy atom. The predicted molar refractivity (Wildman–Crippen MR) is 38.8 cm³/mol. The van der Waals surface area contributed by atoms with Crippen molar-refractivity contribution >= 4 is 0 Å². The third kappa shape index (κ3) is 4.43. The van der Waals surface area contributed by atoms with Gasteiger partial charge in [-0.05, 0) is 13.8 Å². The summed E-state index contributed by atoms with van der Waals surface area (Å²) in [5.74, 6) is 0. The Hall–Kier alpha value is -0.0800. The molecule has 56 valence electrons. The van der Waals surface area contributed by atoms with Crippen LogP contribution < -0.4 is 4.90 Å². The van der Waals surface area contributed by atoms with E-state index in [0.717, 1.165) is 13.2 Å². The standard InChI is InChI=1S/C7H17NO/c1-4-8(5-2)6-7-9-3/h4-7H2,1-3H3/p+1. The number of methoxy groups -OCH3 is 1. The summed E-state index contributed by atoms with van der Waals surface area (Å²) in [6, 6.07) is 0. The van der Waals surface area contributed by atoms with Crippen LogP contribution in [0.1, 0.15) is 13.8 Å². The molecule has 0 saturated heterocycles. The van der Waals surface area contributed by atoms with Crippen molar-refractivity contribution in [3.63, 3.8) is 0 Å². The minimum atomic E-state index is 0.886. The Balaban J connectivity index is 3.09. The van der Waals surface area contributed by atoms with Gasteiger partial charge >= 0.3 is 0 Å².